The zero-order valence-corrected chi connectivity index (χ0v) is 17.0. The minimum absolute atomic E-state index is 0.316. The Morgan fingerprint density at radius 1 is 1.24 bits per heavy atom. The SMILES string of the molecule is CCN(CC)C(=O)N1C(=O)N(c2csc(-c3ccncc3)n2)Cc2[c]cccc21. The first-order valence-electron chi connectivity index (χ1n) is 9.40. The molecule has 1 aromatic carbocycles. The van der Waals surface area contributed by atoms with Crippen molar-refractivity contribution in [3.63, 3.8) is 0 Å². The van der Waals surface area contributed by atoms with E-state index in [0.717, 1.165) is 16.1 Å². The quantitative estimate of drug-likeness (QED) is 0.643. The fourth-order valence-corrected chi connectivity index (χ4v) is 4.08. The Morgan fingerprint density at radius 3 is 2.72 bits per heavy atom. The van der Waals surface area contributed by atoms with Gasteiger partial charge < -0.3 is 4.90 Å². The number of hydrogen-bond acceptors (Lipinski definition) is 5. The summed E-state index contributed by atoms with van der Waals surface area (Å²) in [6, 6.07) is 11.5. The number of rotatable bonds is 4. The van der Waals surface area contributed by atoms with Crippen LogP contribution in [-0.2, 0) is 6.54 Å². The van der Waals surface area contributed by atoms with Crippen molar-refractivity contribution in [2.75, 3.05) is 22.9 Å². The minimum atomic E-state index is -0.402. The normalized spacial score (nSPS) is 13.4. The van der Waals surface area contributed by atoms with E-state index in [1.54, 1.807) is 35.5 Å². The van der Waals surface area contributed by atoms with E-state index in [0.29, 0.717) is 31.1 Å². The standard InChI is InChI=1S/C21H20N5O2S/c1-3-24(4-2)20(27)26-17-8-6-5-7-16(17)13-25(21(26)28)18-14-29-19(23-18)15-9-11-22-12-10-15/h5-6,8-12,14H,3-4,13H2,1-2H3. The molecule has 0 fully saturated rings. The molecular formula is C21H20N5O2S. The van der Waals surface area contributed by atoms with Gasteiger partial charge in [0.2, 0.25) is 0 Å². The van der Waals surface area contributed by atoms with Crippen molar-refractivity contribution in [3.8, 4) is 10.6 Å². The van der Waals surface area contributed by atoms with E-state index in [9.17, 15) is 9.59 Å². The van der Waals surface area contributed by atoms with E-state index in [2.05, 4.69) is 16.0 Å². The number of nitrogens with zero attached hydrogens (tertiary/aromatic N) is 5. The lowest BCUT2D eigenvalue weighted by Gasteiger charge is -2.36. The molecule has 0 unspecified atom stereocenters. The Balaban J connectivity index is 1.72. The monoisotopic (exact) mass is 406 g/mol. The first-order chi connectivity index (χ1) is 14.1. The smallest absolute Gasteiger partial charge is 0.324 e. The van der Waals surface area contributed by atoms with Gasteiger partial charge in [-0.3, -0.25) is 9.88 Å². The summed E-state index contributed by atoms with van der Waals surface area (Å²) in [5.74, 6) is 0.520. The second-order valence-corrected chi connectivity index (χ2v) is 7.30. The van der Waals surface area contributed by atoms with E-state index in [-0.39, 0.29) is 6.03 Å². The Kier molecular flexibility index (Phi) is 5.26. The molecule has 0 aliphatic carbocycles. The van der Waals surface area contributed by atoms with Gasteiger partial charge in [0.1, 0.15) is 10.8 Å². The number of thiazole rings is 1. The molecule has 7 nitrogen and oxygen atoms in total. The van der Waals surface area contributed by atoms with Gasteiger partial charge in [0.15, 0.2) is 0 Å². The Hall–Kier alpha value is -3.26. The summed E-state index contributed by atoms with van der Waals surface area (Å²) in [7, 11) is 0. The summed E-state index contributed by atoms with van der Waals surface area (Å²) in [4.78, 5) is 39.5. The minimum Gasteiger partial charge on any atom is -0.324 e. The summed E-state index contributed by atoms with van der Waals surface area (Å²) in [5, 5.41) is 2.63. The maximum Gasteiger partial charge on any atom is 0.338 e. The van der Waals surface area contributed by atoms with E-state index >= 15 is 0 Å². The van der Waals surface area contributed by atoms with Crippen LogP contribution in [0.25, 0.3) is 10.6 Å². The van der Waals surface area contributed by atoms with Crippen molar-refractivity contribution >= 4 is 34.9 Å². The summed E-state index contributed by atoms with van der Waals surface area (Å²) >= 11 is 1.45. The van der Waals surface area contributed by atoms with Crippen molar-refractivity contribution in [2.45, 2.75) is 20.4 Å². The average Bonchev–Trinajstić information content (AvgIpc) is 3.25. The Morgan fingerprint density at radius 2 is 2.00 bits per heavy atom. The van der Waals surface area contributed by atoms with Crippen molar-refractivity contribution in [1.82, 2.24) is 14.9 Å². The fourth-order valence-electron chi connectivity index (χ4n) is 3.26. The summed E-state index contributed by atoms with van der Waals surface area (Å²) < 4.78 is 0. The predicted molar refractivity (Wildman–Crippen MR) is 113 cm³/mol. The van der Waals surface area contributed by atoms with Gasteiger partial charge in [-0.05, 0) is 38.1 Å². The maximum absolute atomic E-state index is 13.4. The van der Waals surface area contributed by atoms with Gasteiger partial charge in [-0.2, -0.15) is 0 Å². The number of carbonyl (C=O) groups is 2. The van der Waals surface area contributed by atoms with Crippen LogP contribution in [-0.4, -0.2) is 40.0 Å². The van der Waals surface area contributed by atoms with E-state index < -0.39 is 6.03 Å². The first-order valence-corrected chi connectivity index (χ1v) is 10.3. The second-order valence-electron chi connectivity index (χ2n) is 6.44. The summed E-state index contributed by atoms with van der Waals surface area (Å²) in [6.45, 7) is 5.15. The van der Waals surface area contributed by atoms with Crippen molar-refractivity contribution < 1.29 is 9.59 Å². The molecule has 3 aromatic rings. The molecule has 1 radical (unpaired) electrons. The van der Waals surface area contributed by atoms with Crippen LogP contribution in [0.4, 0.5) is 21.1 Å². The van der Waals surface area contributed by atoms with E-state index in [1.807, 2.05) is 31.4 Å². The van der Waals surface area contributed by atoms with E-state index in [1.165, 1.54) is 21.1 Å². The number of fused-ring (bicyclic) bond motifs is 1. The molecule has 0 N–H and O–H groups in total. The lowest BCUT2D eigenvalue weighted by molar-refractivity contribution is 0.207. The van der Waals surface area contributed by atoms with Crippen LogP contribution in [0.2, 0.25) is 0 Å². The number of pyridine rings is 1. The number of hydrogen-bond donors (Lipinski definition) is 0. The number of carbonyl (C=O) groups excluding carboxylic acids is 2. The molecule has 0 saturated heterocycles. The molecule has 1 aliphatic rings. The topological polar surface area (TPSA) is 69.6 Å². The molecule has 4 amide bonds. The molecule has 0 spiro atoms. The zero-order valence-electron chi connectivity index (χ0n) is 16.2. The Labute approximate surface area is 173 Å². The molecule has 8 heteroatoms. The highest BCUT2D eigenvalue weighted by Crippen LogP contribution is 2.34. The van der Waals surface area contributed by atoms with Gasteiger partial charge >= 0.3 is 12.1 Å². The number of imide groups is 1. The van der Waals surface area contributed by atoms with E-state index in [4.69, 9.17) is 0 Å². The molecule has 29 heavy (non-hydrogen) atoms. The largest absolute Gasteiger partial charge is 0.338 e. The third-order valence-electron chi connectivity index (χ3n) is 4.82. The number of aromatic nitrogens is 2. The van der Waals surface area contributed by atoms with Crippen LogP contribution in [0.15, 0.2) is 48.1 Å². The van der Waals surface area contributed by atoms with Gasteiger partial charge in [-0.25, -0.2) is 19.5 Å². The van der Waals surface area contributed by atoms with Gasteiger partial charge in [0.25, 0.3) is 0 Å². The number of benzene rings is 1. The number of amides is 4. The van der Waals surface area contributed by atoms with Gasteiger partial charge in [0.05, 0.1) is 12.2 Å². The predicted octanol–water partition coefficient (Wildman–Crippen LogP) is 4.41. The average molecular weight is 406 g/mol. The first kappa shape index (κ1) is 19.1. The zero-order chi connectivity index (χ0) is 20.4. The van der Waals surface area contributed by atoms with Crippen LogP contribution < -0.4 is 9.80 Å². The van der Waals surface area contributed by atoms with Crippen LogP contribution in [0, 0.1) is 6.07 Å². The summed E-state index contributed by atoms with van der Waals surface area (Å²) in [6.07, 6.45) is 3.41. The Bertz CT molecular complexity index is 1030. The molecule has 0 atom stereocenters. The highest BCUT2D eigenvalue weighted by Gasteiger charge is 2.37. The fraction of sp³-hybridized carbons (Fsp3) is 0.238. The van der Waals surface area contributed by atoms with Crippen LogP contribution >= 0.6 is 11.3 Å². The van der Waals surface area contributed by atoms with Crippen LogP contribution in [0.3, 0.4) is 0 Å². The molecular weight excluding hydrogens is 386 g/mol. The molecule has 0 bridgehead atoms. The lowest BCUT2D eigenvalue weighted by atomic mass is 10.1. The van der Waals surface area contributed by atoms with Gasteiger partial charge in [-0.15, -0.1) is 11.3 Å². The highest BCUT2D eigenvalue weighted by molar-refractivity contribution is 7.13. The van der Waals surface area contributed by atoms with Crippen molar-refractivity contribution in [3.05, 3.63) is 59.7 Å². The number of urea groups is 2. The molecule has 2 aromatic heterocycles. The van der Waals surface area contributed by atoms with Gasteiger partial charge in [-0.1, -0.05) is 12.1 Å². The van der Waals surface area contributed by atoms with Crippen molar-refractivity contribution in [2.24, 2.45) is 0 Å². The van der Waals surface area contributed by atoms with Gasteiger partial charge in [0, 0.05) is 42.0 Å². The third kappa shape index (κ3) is 3.47. The molecule has 3 heterocycles. The van der Waals surface area contributed by atoms with Crippen LogP contribution in [0.5, 0.6) is 0 Å². The highest BCUT2D eigenvalue weighted by atomic mass is 32.1. The molecule has 147 valence electrons. The molecule has 4 rings (SSSR count). The number of anilines is 2. The van der Waals surface area contributed by atoms with Crippen LogP contribution in [0.1, 0.15) is 19.4 Å². The molecule has 0 saturated carbocycles. The lowest BCUT2D eigenvalue weighted by Crippen LogP contribution is -2.54. The maximum atomic E-state index is 13.4. The second kappa shape index (κ2) is 8.00. The third-order valence-corrected chi connectivity index (χ3v) is 5.70. The molecule has 1 aliphatic heterocycles. The van der Waals surface area contributed by atoms with Crippen molar-refractivity contribution in [1.29, 1.82) is 0 Å². The summed E-state index contributed by atoms with van der Waals surface area (Å²) in [5.41, 5.74) is 2.30.